The van der Waals surface area contributed by atoms with Crippen molar-refractivity contribution in [2.24, 2.45) is 0 Å². The van der Waals surface area contributed by atoms with Crippen molar-refractivity contribution in [2.45, 2.75) is 23.9 Å². The molecule has 144 valence electrons. The number of sulfonamides is 1. The number of fused-ring (bicyclic) bond motifs is 3. The second-order valence-corrected chi connectivity index (χ2v) is 8.17. The smallest absolute Gasteiger partial charge is 0.307 e. The van der Waals surface area contributed by atoms with Crippen LogP contribution in [0.3, 0.4) is 0 Å². The number of halogens is 1. The Balaban J connectivity index is 1.67. The molecule has 4 rings (SSSR count). The molecule has 1 aliphatic rings. The van der Waals surface area contributed by atoms with Gasteiger partial charge >= 0.3 is 5.97 Å². The number of benzene rings is 1. The number of aliphatic carboxylic acids is 1. The number of carboxylic acid groups (broad SMARTS) is 1. The number of pyridine rings is 1. The SMILES string of the molecule is O=C(O)Cc1c2n(c3ncccc13)C[C@H](NS(=O)(=O)c1ccc(F)cc1)C=C2. The van der Waals surface area contributed by atoms with Crippen LogP contribution >= 0.6 is 0 Å². The highest BCUT2D eigenvalue weighted by molar-refractivity contribution is 7.89. The summed E-state index contributed by atoms with van der Waals surface area (Å²) in [6.45, 7) is 0.263. The molecule has 28 heavy (non-hydrogen) atoms. The van der Waals surface area contributed by atoms with Gasteiger partial charge in [0.05, 0.1) is 17.4 Å². The number of carboxylic acids is 1. The molecule has 3 heterocycles. The molecule has 1 aromatic carbocycles. The number of carbonyl (C=O) groups is 1. The summed E-state index contributed by atoms with van der Waals surface area (Å²) in [5.74, 6) is -1.47. The Morgan fingerprint density at radius 1 is 1.29 bits per heavy atom. The van der Waals surface area contributed by atoms with E-state index in [0.717, 1.165) is 17.5 Å². The van der Waals surface area contributed by atoms with Crippen LogP contribution in [-0.2, 0) is 27.8 Å². The number of nitrogens with one attached hydrogen (secondary N) is 1. The van der Waals surface area contributed by atoms with E-state index in [1.54, 1.807) is 30.5 Å². The molecule has 9 heteroatoms. The van der Waals surface area contributed by atoms with Gasteiger partial charge in [0, 0.05) is 23.8 Å². The number of aromatic nitrogens is 2. The van der Waals surface area contributed by atoms with Crippen LogP contribution in [0, 0.1) is 5.82 Å². The average molecular weight is 401 g/mol. The normalized spacial score (nSPS) is 16.2. The quantitative estimate of drug-likeness (QED) is 0.682. The Hall–Kier alpha value is -3.04. The molecule has 0 radical (unpaired) electrons. The van der Waals surface area contributed by atoms with Gasteiger partial charge in [-0.3, -0.25) is 4.79 Å². The zero-order valence-corrected chi connectivity index (χ0v) is 15.4. The highest BCUT2D eigenvalue weighted by Crippen LogP contribution is 2.29. The Morgan fingerprint density at radius 3 is 2.75 bits per heavy atom. The first kappa shape index (κ1) is 18.3. The van der Waals surface area contributed by atoms with Crippen LogP contribution in [0.1, 0.15) is 11.3 Å². The van der Waals surface area contributed by atoms with E-state index in [9.17, 15) is 22.7 Å². The van der Waals surface area contributed by atoms with E-state index >= 15 is 0 Å². The van der Waals surface area contributed by atoms with Crippen LogP contribution in [0.5, 0.6) is 0 Å². The van der Waals surface area contributed by atoms with E-state index in [-0.39, 0.29) is 17.9 Å². The third-order valence-corrected chi connectivity index (χ3v) is 6.10. The van der Waals surface area contributed by atoms with Crippen molar-refractivity contribution in [3.63, 3.8) is 0 Å². The molecule has 2 N–H and O–H groups in total. The fraction of sp³-hybridized carbons (Fsp3) is 0.158. The van der Waals surface area contributed by atoms with Gasteiger partial charge in [0.2, 0.25) is 10.0 Å². The Morgan fingerprint density at radius 2 is 2.04 bits per heavy atom. The maximum atomic E-state index is 13.1. The standard InChI is InChI=1S/C19H16FN3O4S/c20-12-3-6-14(7-4-12)28(26,27)22-13-5-8-17-16(10-18(24)25)15-2-1-9-21-19(15)23(17)11-13/h1-9,13,22H,10-11H2,(H,24,25)/t13-/m1/s1. The van der Waals surface area contributed by atoms with E-state index in [1.165, 1.54) is 12.1 Å². The van der Waals surface area contributed by atoms with Crippen LogP contribution < -0.4 is 4.72 Å². The Bertz CT molecular complexity index is 1200. The number of hydrogen-bond donors (Lipinski definition) is 2. The summed E-state index contributed by atoms with van der Waals surface area (Å²) >= 11 is 0. The maximum absolute atomic E-state index is 13.1. The van der Waals surface area contributed by atoms with Crippen molar-refractivity contribution < 1.29 is 22.7 Å². The minimum absolute atomic E-state index is 0.0323. The lowest BCUT2D eigenvalue weighted by Gasteiger charge is -2.21. The lowest BCUT2D eigenvalue weighted by atomic mass is 10.1. The van der Waals surface area contributed by atoms with Gasteiger partial charge < -0.3 is 9.67 Å². The Kier molecular flexibility index (Phi) is 4.48. The van der Waals surface area contributed by atoms with Gasteiger partial charge in [-0.05, 0) is 48.0 Å². The highest BCUT2D eigenvalue weighted by atomic mass is 32.2. The van der Waals surface area contributed by atoms with Crippen molar-refractivity contribution in [3.05, 3.63) is 65.7 Å². The molecule has 2 aromatic heterocycles. The summed E-state index contributed by atoms with van der Waals surface area (Å²) in [7, 11) is -3.84. The molecule has 0 spiro atoms. The van der Waals surface area contributed by atoms with Gasteiger partial charge in [-0.1, -0.05) is 6.08 Å². The number of nitrogens with zero attached hydrogens (tertiary/aromatic N) is 2. The molecule has 7 nitrogen and oxygen atoms in total. The zero-order chi connectivity index (χ0) is 19.9. The number of rotatable bonds is 5. The molecule has 0 bridgehead atoms. The first-order valence-electron chi connectivity index (χ1n) is 8.49. The molecule has 3 aromatic rings. The van der Waals surface area contributed by atoms with Crippen LogP contribution in [-0.4, -0.2) is 35.1 Å². The van der Waals surface area contributed by atoms with E-state index in [1.807, 2.05) is 4.57 Å². The van der Waals surface area contributed by atoms with Crippen LogP contribution in [0.2, 0.25) is 0 Å². The summed E-state index contributed by atoms with van der Waals surface area (Å²) in [5, 5.41) is 9.95. The van der Waals surface area contributed by atoms with E-state index in [0.29, 0.717) is 16.9 Å². The topological polar surface area (TPSA) is 101 Å². The van der Waals surface area contributed by atoms with Crippen molar-refractivity contribution >= 4 is 33.1 Å². The third kappa shape index (κ3) is 3.30. The zero-order valence-electron chi connectivity index (χ0n) is 14.5. The van der Waals surface area contributed by atoms with Gasteiger partial charge in [-0.25, -0.2) is 22.5 Å². The van der Waals surface area contributed by atoms with Crippen LogP contribution in [0.4, 0.5) is 4.39 Å². The lowest BCUT2D eigenvalue weighted by Crippen LogP contribution is -2.38. The first-order chi connectivity index (χ1) is 13.3. The van der Waals surface area contributed by atoms with Crippen LogP contribution in [0.25, 0.3) is 17.1 Å². The van der Waals surface area contributed by atoms with Gasteiger partial charge in [-0.2, -0.15) is 0 Å². The van der Waals surface area contributed by atoms with E-state index in [4.69, 9.17) is 0 Å². The fourth-order valence-corrected chi connectivity index (χ4v) is 4.58. The molecule has 0 saturated carbocycles. The minimum atomic E-state index is -3.84. The van der Waals surface area contributed by atoms with Gasteiger partial charge in [0.1, 0.15) is 11.5 Å². The molecule has 0 amide bonds. The second kappa shape index (κ2) is 6.84. The highest BCUT2D eigenvalue weighted by Gasteiger charge is 2.26. The predicted molar refractivity (Wildman–Crippen MR) is 101 cm³/mol. The van der Waals surface area contributed by atoms with Gasteiger partial charge in [0.25, 0.3) is 0 Å². The number of hydrogen-bond acceptors (Lipinski definition) is 4. The van der Waals surface area contributed by atoms with Gasteiger partial charge in [-0.15, -0.1) is 0 Å². The molecular formula is C19H16FN3O4S. The van der Waals surface area contributed by atoms with Crippen LogP contribution in [0.15, 0.2) is 53.6 Å². The van der Waals surface area contributed by atoms with Gasteiger partial charge in [0.15, 0.2) is 0 Å². The van der Waals surface area contributed by atoms with E-state index in [2.05, 4.69) is 9.71 Å². The summed E-state index contributed by atoms with van der Waals surface area (Å²) in [6, 6.07) is 7.56. The first-order valence-corrected chi connectivity index (χ1v) is 9.97. The molecule has 0 fully saturated rings. The molecule has 1 aliphatic heterocycles. The third-order valence-electron chi connectivity index (χ3n) is 4.59. The van der Waals surface area contributed by atoms with Crippen molar-refractivity contribution in [1.82, 2.24) is 14.3 Å². The second-order valence-electron chi connectivity index (χ2n) is 6.46. The minimum Gasteiger partial charge on any atom is -0.481 e. The average Bonchev–Trinajstić information content (AvgIpc) is 2.95. The summed E-state index contributed by atoms with van der Waals surface area (Å²) in [6.07, 6.45) is 4.85. The monoisotopic (exact) mass is 401 g/mol. The van der Waals surface area contributed by atoms with E-state index < -0.39 is 27.9 Å². The largest absolute Gasteiger partial charge is 0.481 e. The van der Waals surface area contributed by atoms with Crippen molar-refractivity contribution in [3.8, 4) is 0 Å². The molecule has 1 atom stereocenters. The summed E-state index contributed by atoms with van der Waals surface area (Å²) in [4.78, 5) is 15.6. The van der Waals surface area contributed by atoms with Crippen molar-refractivity contribution in [1.29, 1.82) is 0 Å². The van der Waals surface area contributed by atoms with Crippen molar-refractivity contribution in [2.75, 3.05) is 0 Å². The summed E-state index contributed by atoms with van der Waals surface area (Å²) < 4.78 is 42.6. The molecule has 0 aliphatic carbocycles. The Labute approximate surface area is 160 Å². The fourth-order valence-electron chi connectivity index (χ4n) is 3.40. The molecule has 0 unspecified atom stereocenters. The lowest BCUT2D eigenvalue weighted by molar-refractivity contribution is -0.136. The molecule has 0 saturated heterocycles. The molecular weight excluding hydrogens is 385 g/mol. The maximum Gasteiger partial charge on any atom is 0.307 e. The summed E-state index contributed by atoms with van der Waals surface area (Å²) in [5.41, 5.74) is 1.95. The predicted octanol–water partition coefficient (Wildman–Crippen LogP) is 2.18.